The van der Waals surface area contributed by atoms with Gasteiger partial charge in [0.05, 0.1) is 6.10 Å². The summed E-state index contributed by atoms with van der Waals surface area (Å²) in [7, 11) is 0. The van der Waals surface area contributed by atoms with Crippen molar-refractivity contribution in [1.29, 1.82) is 0 Å². The van der Waals surface area contributed by atoms with E-state index in [2.05, 4.69) is 13.8 Å². The molecule has 0 aromatic rings. The second-order valence-electron chi connectivity index (χ2n) is 3.18. The van der Waals surface area contributed by atoms with E-state index >= 15 is 0 Å². The van der Waals surface area contributed by atoms with Crippen LogP contribution in [0.4, 0.5) is 0 Å². The first kappa shape index (κ1) is 7.07. The van der Waals surface area contributed by atoms with Crippen molar-refractivity contribution >= 4 is 0 Å². The predicted octanol–water partition coefficient (Wildman–Crippen LogP) is 2.21. The SMILES string of the molecule is CC1CCCC(C)OC1. The van der Waals surface area contributed by atoms with Gasteiger partial charge in [0.2, 0.25) is 0 Å². The Labute approximate surface area is 57.4 Å². The summed E-state index contributed by atoms with van der Waals surface area (Å²) in [5.41, 5.74) is 0. The lowest BCUT2D eigenvalue weighted by molar-refractivity contribution is 0.0558. The van der Waals surface area contributed by atoms with E-state index in [1.54, 1.807) is 0 Å². The number of hydrogen-bond acceptors (Lipinski definition) is 1. The van der Waals surface area contributed by atoms with Crippen molar-refractivity contribution in [2.75, 3.05) is 6.61 Å². The van der Waals surface area contributed by atoms with Gasteiger partial charge in [-0.3, -0.25) is 0 Å². The molecule has 1 fully saturated rings. The van der Waals surface area contributed by atoms with Crippen LogP contribution in [0.15, 0.2) is 0 Å². The topological polar surface area (TPSA) is 9.23 Å². The number of ether oxygens (including phenoxy) is 1. The van der Waals surface area contributed by atoms with Crippen LogP contribution in [0.5, 0.6) is 0 Å². The van der Waals surface area contributed by atoms with E-state index in [0.29, 0.717) is 6.10 Å². The smallest absolute Gasteiger partial charge is 0.0547 e. The molecule has 1 saturated heterocycles. The average molecular weight is 128 g/mol. The van der Waals surface area contributed by atoms with Gasteiger partial charge < -0.3 is 4.74 Å². The van der Waals surface area contributed by atoms with Crippen molar-refractivity contribution in [3.8, 4) is 0 Å². The third-order valence-electron chi connectivity index (χ3n) is 1.97. The molecule has 2 atom stereocenters. The van der Waals surface area contributed by atoms with Crippen LogP contribution >= 0.6 is 0 Å². The van der Waals surface area contributed by atoms with Crippen LogP contribution in [-0.4, -0.2) is 12.7 Å². The Bertz CT molecular complexity index is 70.6. The molecule has 0 radical (unpaired) electrons. The van der Waals surface area contributed by atoms with Crippen LogP contribution in [0.2, 0.25) is 0 Å². The summed E-state index contributed by atoms with van der Waals surface area (Å²) in [5.74, 6) is 0.787. The zero-order chi connectivity index (χ0) is 6.69. The van der Waals surface area contributed by atoms with Crippen molar-refractivity contribution in [2.24, 2.45) is 5.92 Å². The fourth-order valence-electron chi connectivity index (χ4n) is 1.25. The minimum absolute atomic E-state index is 0.509. The highest BCUT2D eigenvalue weighted by molar-refractivity contribution is 4.61. The van der Waals surface area contributed by atoms with E-state index in [-0.39, 0.29) is 0 Å². The van der Waals surface area contributed by atoms with Crippen LogP contribution in [0.1, 0.15) is 33.1 Å². The first-order valence-electron chi connectivity index (χ1n) is 3.90. The zero-order valence-corrected chi connectivity index (χ0v) is 6.39. The molecule has 0 aliphatic carbocycles. The molecule has 1 nitrogen and oxygen atoms in total. The molecule has 0 bridgehead atoms. The van der Waals surface area contributed by atoms with E-state index in [4.69, 9.17) is 4.74 Å². The molecular formula is C8H16O. The Morgan fingerprint density at radius 2 is 2.00 bits per heavy atom. The fraction of sp³-hybridized carbons (Fsp3) is 1.00. The van der Waals surface area contributed by atoms with Gasteiger partial charge in [0.15, 0.2) is 0 Å². The summed E-state index contributed by atoms with van der Waals surface area (Å²) in [4.78, 5) is 0. The van der Waals surface area contributed by atoms with Gasteiger partial charge in [-0.1, -0.05) is 13.3 Å². The van der Waals surface area contributed by atoms with E-state index in [0.717, 1.165) is 12.5 Å². The van der Waals surface area contributed by atoms with Gasteiger partial charge in [-0.05, 0) is 25.7 Å². The van der Waals surface area contributed by atoms with Crippen LogP contribution in [0.25, 0.3) is 0 Å². The lowest BCUT2D eigenvalue weighted by atomic mass is 10.1. The van der Waals surface area contributed by atoms with Gasteiger partial charge in [0.1, 0.15) is 0 Å². The minimum atomic E-state index is 0.509. The quantitative estimate of drug-likeness (QED) is 0.486. The molecule has 0 spiro atoms. The van der Waals surface area contributed by atoms with Gasteiger partial charge in [-0.25, -0.2) is 0 Å². The second-order valence-corrected chi connectivity index (χ2v) is 3.18. The standard InChI is InChI=1S/C8H16O/c1-7-4-3-5-8(2)9-6-7/h7-8H,3-6H2,1-2H3. The Kier molecular flexibility index (Phi) is 2.52. The summed E-state index contributed by atoms with van der Waals surface area (Å²) in [6.07, 6.45) is 4.46. The third-order valence-corrected chi connectivity index (χ3v) is 1.97. The molecule has 9 heavy (non-hydrogen) atoms. The van der Waals surface area contributed by atoms with Crippen molar-refractivity contribution in [1.82, 2.24) is 0 Å². The van der Waals surface area contributed by atoms with E-state index < -0.39 is 0 Å². The molecule has 0 aromatic heterocycles. The van der Waals surface area contributed by atoms with Gasteiger partial charge >= 0.3 is 0 Å². The molecule has 1 rings (SSSR count). The van der Waals surface area contributed by atoms with Crippen LogP contribution < -0.4 is 0 Å². The van der Waals surface area contributed by atoms with Gasteiger partial charge in [-0.15, -0.1) is 0 Å². The molecule has 1 heterocycles. The maximum atomic E-state index is 5.52. The Morgan fingerprint density at radius 1 is 1.22 bits per heavy atom. The Hall–Kier alpha value is -0.0400. The lowest BCUT2D eigenvalue weighted by Gasteiger charge is -2.08. The highest BCUT2D eigenvalue weighted by Gasteiger charge is 2.11. The van der Waals surface area contributed by atoms with Crippen molar-refractivity contribution in [3.05, 3.63) is 0 Å². The van der Waals surface area contributed by atoms with E-state index in [9.17, 15) is 0 Å². The molecular weight excluding hydrogens is 112 g/mol. The van der Waals surface area contributed by atoms with E-state index in [1.165, 1.54) is 19.3 Å². The summed E-state index contributed by atoms with van der Waals surface area (Å²) >= 11 is 0. The lowest BCUT2D eigenvalue weighted by Crippen LogP contribution is -2.08. The third kappa shape index (κ3) is 2.35. The van der Waals surface area contributed by atoms with Crippen molar-refractivity contribution in [3.63, 3.8) is 0 Å². The molecule has 1 heteroatoms. The first-order valence-corrected chi connectivity index (χ1v) is 3.90. The van der Waals surface area contributed by atoms with Crippen LogP contribution in [0, 0.1) is 5.92 Å². The molecule has 1 aliphatic heterocycles. The molecule has 0 N–H and O–H groups in total. The van der Waals surface area contributed by atoms with Crippen molar-refractivity contribution < 1.29 is 4.74 Å². The summed E-state index contributed by atoms with van der Waals surface area (Å²) < 4.78 is 5.52. The van der Waals surface area contributed by atoms with Crippen LogP contribution in [0.3, 0.4) is 0 Å². The van der Waals surface area contributed by atoms with Gasteiger partial charge in [-0.2, -0.15) is 0 Å². The maximum Gasteiger partial charge on any atom is 0.0547 e. The molecule has 0 aromatic carbocycles. The zero-order valence-electron chi connectivity index (χ0n) is 6.39. The second kappa shape index (κ2) is 3.21. The van der Waals surface area contributed by atoms with Crippen molar-refractivity contribution in [2.45, 2.75) is 39.2 Å². The number of rotatable bonds is 0. The highest BCUT2D eigenvalue weighted by atomic mass is 16.5. The Morgan fingerprint density at radius 3 is 2.78 bits per heavy atom. The molecule has 1 aliphatic rings. The first-order chi connectivity index (χ1) is 4.29. The monoisotopic (exact) mass is 128 g/mol. The summed E-state index contributed by atoms with van der Waals surface area (Å²) in [6, 6.07) is 0. The average Bonchev–Trinajstić information content (AvgIpc) is 1.97. The molecule has 0 amide bonds. The highest BCUT2D eigenvalue weighted by Crippen LogP contribution is 2.16. The molecule has 54 valence electrons. The Balaban J connectivity index is 2.25. The van der Waals surface area contributed by atoms with Gasteiger partial charge in [0.25, 0.3) is 0 Å². The van der Waals surface area contributed by atoms with E-state index in [1.807, 2.05) is 0 Å². The fourth-order valence-corrected chi connectivity index (χ4v) is 1.25. The molecule has 0 saturated carbocycles. The van der Waals surface area contributed by atoms with Crippen LogP contribution in [-0.2, 0) is 4.74 Å². The summed E-state index contributed by atoms with van der Waals surface area (Å²) in [6.45, 7) is 5.40. The molecule has 2 unspecified atom stereocenters. The maximum absolute atomic E-state index is 5.52. The summed E-state index contributed by atoms with van der Waals surface area (Å²) in [5, 5.41) is 0. The normalized spacial score (nSPS) is 38.0. The largest absolute Gasteiger partial charge is 0.378 e. The van der Waals surface area contributed by atoms with Gasteiger partial charge in [0, 0.05) is 6.61 Å². The predicted molar refractivity (Wildman–Crippen MR) is 38.4 cm³/mol. The minimum Gasteiger partial charge on any atom is -0.378 e. The number of hydrogen-bond donors (Lipinski definition) is 0.